The van der Waals surface area contributed by atoms with Crippen LogP contribution in [0.25, 0.3) is 6.08 Å². The normalized spacial score (nSPS) is 34.7. The first-order chi connectivity index (χ1) is 18.4. The molecule has 3 rings (SSSR count). The molecule has 12 heteroatoms. The van der Waals surface area contributed by atoms with Gasteiger partial charge < -0.3 is 19.7 Å². The zero-order valence-corrected chi connectivity index (χ0v) is 25.4. The lowest BCUT2D eigenvalue weighted by atomic mass is 9.73. The van der Waals surface area contributed by atoms with Crippen molar-refractivity contribution in [1.29, 1.82) is 0 Å². The van der Waals surface area contributed by atoms with Gasteiger partial charge in [-0.1, -0.05) is 45.9 Å². The lowest BCUT2D eigenvalue weighted by Crippen LogP contribution is -2.45. The van der Waals surface area contributed by atoms with Crippen LogP contribution in [0.4, 0.5) is 13.2 Å². The number of aliphatic hydroxyl groups is 2. The van der Waals surface area contributed by atoms with E-state index in [1.165, 1.54) is 0 Å². The van der Waals surface area contributed by atoms with E-state index >= 15 is 0 Å². The predicted molar refractivity (Wildman–Crippen MR) is 148 cm³/mol. The number of hydrogen-bond donors (Lipinski definition) is 2. The van der Waals surface area contributed by atoms with E-state index in [2.05, 4.69) is 4.98 Å². The molecule has 7 atom stereocenters. The number of ether oxygens (including phenoxy) is 2. The number of aromatic nitrogens is 1. The summed E-state index contributed by atoms with van der Waals surface area (Å²) in [6.07, 6.45) is -3.58. The van der Waals surface area contributed by atoms with E-state index in [0.29, 0.717) is 35.9 Å². The van der Waals surface area contributed by atoms with Crippen molar-refractivity contribution in [1.82, 2.24) is 4.98 Å². The number of fused-ring (bicyclic) bond motifs is 1. The molecule has 0 spiro atoms. The molecule has 2 fully saturated rings. The van der Waals surface area contributed by atoms with Crippen LogP contribution in [0.15, 0.2) is 15.3 Å². The molecule has 2 N–H and O–H groups in total. The molecule has 1 aromatic rings. The number of esters is 1. The van der Waals surface area contributed by atoms with Gasteiger partial charge in [0.25, 0.3) is 0 Å². The Bertz CT molecular complexity index is 1090. The Hall–Kier alpha value is -1.47. The van der Waals surface area contributed by atoms with Crippen molar-refractivity contribution in [2.75, 3.05) is 5.75 Å². The fourth-order valence-electron chi connectivity index (χ4n) is 5.17. The fraction of sp³-hybridized carbons (Fsp3) is 0.750. The van der Waals surface area contributed by atoms with Gasteiger partial charge in [-0.3, -0.25) is 9.59 Å². The molecule has 2 aliphatic rings. The summed E-state index contributed by atoms with van der Waals surface area (Å²) in [5.41, 5.74) is -0.611. The summed E-state index contributed by atoms with van der Waals surface area (Å²) in [6.45, 7) is 10.4. The highest BCUT2D eigenvalue weighted by molar-refractivity contribution is 8.01. The van der Waals surface area contributed by atoms with Gasteiger partial charge in [0.2, 0.25) is 0 Å². The molecule has 0 radical (unpaired) electrons. The van der Waals surface area contributed by atoms with Crippen LogP contribution in [0.1, 0.15) is 79.3 Å². The topological polar surface area (TPSA) is 109 Å². The van der Waals surface area contributed by atoms with Crippen molar-refractivity contribution in [2.45, 2.75) is 114 Å². The number of aliphatic hydroxyl groups excluding tert-OH is 2. The first-order valence-electron chi connectivity index (χ1n) is 13.5. The SMILES string of the molecule is C/C(=C\c1csc(SCC(F)(F)F)n1)[C@@H]1C[C@@H]2O[C@]2(C)CCC[C@H](C)[C@H](O)[C@@H](C)C(=O)C(C)(C)[C@@H](O)CC(=O)O1. The minimum Gasteiger partial charge on any atom is -0.458 e. The van der Waals surface area contributed by atoms with E-state index in [9.17, 15) is 33.0 Å². The third kappa shape index (κ3) is 8.53. The predicted octanol–water partition coefficient (Wildman–Crippen LogP) is 5.82. The van der Waals surface area contributed by atoms with E-state index in [4.69, 9.17) is 9.47 Å². The van der Waals surface area contributed by atoms with Crippen molar-refractivity contribution in [3.8, 4) is 0 Å². The van der Waals surface area contributed by atoms with Gasteiger partial charge >= 0.3 is 12.1 Å². The number of hydrogen-bond acceptors (Lipinski definition) is 9. The number of halogens is 3. The number of carbonyl (C=O) groups is 2. The van der Waals surface area contributed by atoms with Gasteiger partial charge in [0.05, 0.1) is 47.2 Å². The summed E-state index contributed by atoms with van der Waals surface area (Å²) >= 11 is 1.72. The first-order valence-corrected chi connectivity index (χ1v) is 15.4. The van der Waals surface area contributed by atoms with Crippen LogP contribution in [0.5, 0.6) is 0 Å². The van der Waals surface area contributed by atoms with E-state index < -0.39 is 59.6 Å². The largest absolute Gasteiger partial charge is 0.458 e. The van der Waals surface area contributed by atoms with Crippen molar-refractivity contribution in [3.05, 3.63) is 16.6 Å². The van der Waals surface area contributed by atoms with Crippen LogP contribution in [0.2, 0.25) is 0 Å². The Balaban J connectivity index is 1.82. The van der Waals surface area contributed by atoms with E-state index in [1.807, 2.05) is 13.8 Å². The number of ketones is 1. The van der Waals surface area contributed by atoms with Crippen molar-refractivity contribution in [3.63, 3.8) is 0 Å². The number of carbonyl (C=O) groups excluding carboxylic acids is 2. The number of epoxide rings is 1. The van der Waals surface area contributed by atoms with Gasteiger partial charge in [-0.2, -0.15) is 13.2 Å². The highest BCUT2D eigenvalue weighted by atomic mass is 32.2. The third-order valence-electron chi connectivity index (χ3n) is 8.15. The molecule has 0 aromatic carbocycles. The van der Waals surface area contributed by atoms with Crippen molar-refractivity contribution < 1.29 is 42.4 Å². The summed E-state index contributed by atoms with van der Waals surface area (Å²) in [6, 6.07) is 0. The van der Waals surface area contributed by atoms with Crippen molar-refractivity contribution in [2.24, 2.45) is 17.3 Å². The first kappa shape index (κ1) is 33.0. The molecule has 0 unspecified atom stereocenters. The van der Waals surface area contributed by atoms with Gasteiger partial charge in [-0.15, -0.1) is 11.3 Å². The van der Waals surface area contributed by atoms with Crippen LogP contribution in [0.3, 0.4) is 0 Å². The molecule has 2 aliphatic heterocycles. The number of thiazole rings is 1. The quantitative estimate of drug-likeness (QED) is 0.250. The summed E-state index contributed by atoms with van der Waals surface area (Å²) in [4.78, 5) is 30.5. The van der Waals surface area contributed by atoms with Gasteiger partial charge in [0, 0.05) is 17.7 Å². The summed E-state index contributed by atoms with van der Waals surface area (Å²) in [5.74, 6) is -2.91. The van der Waals surface area contributed by atoms with Crippen LogP contribution in [0, 0.1) is 17.3 Å². The minimum atomic E-state index is -4.29. The maximum absolute atomic E-state index is 13.3. The van der Waals surface area contributed by atoms with Crippen LogP contribution in [-0.4, -0.2) is 68.9 Å². The van der Waals surface area contributed by atoms with E-state index in [1.54, 1.807) is 39.2 Å². The number of alkyl halides is 3. The van der Waals surface area contributed by atoms with Gasteiger partial charge in [-0.05, 0) is 44.3 Å². The van der Waals surface area contributed by atoms with Crippen LogP contribution < -0.4 is 0 Å². The van der Waals surface area contributed by atoms with Crippen molar-refractivity contribution >= 4 is 40.9 Å². The molecule has 0 saturated carbocycles. The smallest absolute Gasteiger partial charge is 0.398 e. The molecule has 7 nitrogen and oxygen atoms in total. The second-order valence-electron chi connectivity index (χ2n) is 11.9. The molecular weight excluding hydrogens is 567 g/mol. The second-order valence-corrected chi connectivity index (χ2v) is 14.0. The summed E-state index contributed by atoms with van der Waals surface area (Å²) in [5, 5.41) is 23.4. The molecule has 3 heterocycles. The lowest BCUT2D eigenvalue weighted by molar-refractivity contribution is -0.154. The monoisotopic (exact) mass is 607 g/mol. The summed E-state index contributed by atoms with van der Waals surface area (Å²) in [7, 11) is 0. The second kappa shape index (κ2) is 12.8. The number of Topliss-reactive ketones (excluding diaryl/α,β-unsaturated/α-hetero) is 1. The average Bonchev–Trinajstić information content (AvgIpc) is 3.26. The minimum absolute atomic E-state index is 0.138. The summed E-state index contributed by atoms with van der Waals surface area (Å²) < 4.78 is 49.8. The number of rotatable bonds is 4. The molecule has 40 heavy (non-hydrogen) atoms. The number of cyclic esters (lactones) is 1. The number of thioether (sulfide) groups is 1. The molecule has 226 valence electrons. The molecule has 1 aromatic heterocycles. The maximum Gasteiger partial charge on any atom is 0.398 e. The Morgan fingerprint density at radius 3 is 2.58 bits per heavy atom. The van der Waals surface area contributed by atoms with E-state index in [0.717, 1.165) is 24.2 Å². The Labute approximate surface area is 241 Å². The zero-order valence-electron chi connectivity index (χ0n) is 23.8. The highest BCUT2D eigenvalue weighted by Gasteiger charge is 2.53. The Morgan fingerprint density at radius 1 is 1.25 bits per heavy atom. The molecule has 0 bridgehead atoms. The van der Waals surface area contributed by atoms with Gasteiger partial charge in [-0.25, -0.2) is 4.98 Å². The van der Waals surface area contributed by atoms with Crippen LogP contribution >= 0.6 is 23.1 Å². The Kier molecular flexibility index (Phi) is 10.6. The van der Waals surface area contributed by atoms with E-state index in [-0.39, 0.29) is 22.1 Å². The Morgan fingerprint density at radius 2 is 1.93 bits per heavy atom. The average molecular weight is 608 g/mol. The van der Waals surface area contributed by atoms with Gasteiger partial charge in [0.15, 0.2) is 4.34 Å². The molecular formula is C28H40F3NO6S2. The fourth-order valence-corrected chi connectivity index (χ4v) is 6.72. The maximum atomic E-state index is 13.3. The molecule has 0 amide bonds. The number of nitrogens with zero attached hydrogens (tertiary/aromatic N) is 1. The van der Waals surface area contributed by atoms with Crippen LogP contribution in [-0.2, 0) is 19.1 Å². The zero-order chi connectivity index (χ0) is 30.0. The van der Waals surface area contributed by atoms with Gasteiger partial charge in [0.1, 0.15) is 11.9 Å². The lowest BCUT2D eigenvalue weighted by Gasteiger charge is -2.34. The third-order valence-corrected chi connectivity index (χ3v) is 10.3. The molecule has 0 aliphatic carbocycles. The molecule has 2 saturated heterocycles. The highest BCUT2D eigenvalue weighted by Crippen LogP contribution is 2.45. The standard InChI is InChI=1S/C28H40F3NO6S2/c1-15-8-7-9-27(6)21(38-27)11-19(16(2)10-18-13-39-25(32-18)40-14-28(29,30)31)37-22(34)12-20(33)26(4,5)24(36)17(3)23(15)35/h10,13,15,17,19-21,23,33,35H,7-9,11-12,14H2,1-6H3/b16-10+/t15-,17+,19-,20-,21-,23-,27+/m0/s1.